The molecule has 0 radical (unpaired) electrons. The van der Waals surface area contributed by atoms with Gasteiger partial charge in [0.15, 0.2) is 0 Å². The second-order valence-electron chi connectivity index (χ2n) is 3.47. The van der Waals surface area contributed by atoms with Crippen molar-refractivity contribution in [2.45, 2.75) is 18.9 Å². The van der Waals surface area contributed by atoms with Gasteiger partial charge in [-0.15, -0.1) is 0 Å². The number of carbonyl (C=O) groups is 1. The average molecular weight is 186 g/mol. The number of esters is 1. The third-order valence-electron chi connectivity index (χ3n) is 2.50. The second kappa shape index (κ2) is 5.19. The molecule has 13 heavy (non-hydrogen) atoms. The van der Waals surface area contributed by atoms with Gasteiger partial charge < -0.3 is 15.0 Å². The van der Waals surface area contributed by atoms with Gasteiger partial charge in [0.2, 0.25) is 0 Å². The maximum absolute atomic E-state index is 10.8. The minimum atomic E-state index is -0.111. The first kappa shape index (κ1) is 10.5. The highest BCUT2D eigenvalue weighted by Crippen LogP contribution is 2.03. The fourth-order valence-electron chi connectivity index (χ4n) is 1.34. The van der Waals surface area contributed by atoms with Crippen molar-refractivity contribution in [3.8, 4) is 0 Å². The smallest absolute Gasteiger partial charge is 0.305 e. The van der Waals surface area contributed by atoms with Gasteiger partial charge in [-0.25, -0.2) is 0 Å². The normalized spacial score (nSPS) is 17.2. The largest absolute Gasteiger partial charge is 0.469 e. The van der Waals surface area contributed by atoms with Gasteiger partial charge in [0.05, 0.1) is 7.11 Å². The summed E-state index contributed by atoms with van der Waals surface area (Å²) in [5.74, 6) is -0.111. The van der Waals surface area contributed by atoms with E-state index in [0.717, 1.165) is 26.1 Å². The van der Waals surface area contributed by atoms with Crippen molar-refractivity contribution in [2.75, 3.05) is 33.8 Å². The SMILES string of the molecule is COC(=O)CCCN(C)C1CNC1. The summed E-state index contributed by atoms with van der Waals surface area (Å²) in [5.41, 5.74) is 0. The van der Waals surface area contributed by atoms with Crippen LogP contribution in [0.1, 0.15) is 12.8 Å². The maximum atomic E-state index is 10.8. The Morgan fingerprint density at radius 2 is 2.31 bits per heavy atom. The summed E-state index contributed by atoms with van der Waals surface area (Å²) in [4.78, 5) is 13.1. The summed E-state index contributed by atoms with van der Waals surface area (Å²) in [6.07, 6.45) is 1.42. The molecule has 0 aromatic carbocycles. The third kappa shape index (κ3) is 3.32. The Kier molecular flexibility index (Phi) is 4.18. The van der Waals surface area contributed by atoms with Crippen LogP contribution in [0.4, 0.5) is 0 Å². The van der Waals surface area contributed by atoms with Crippen LogP contribution in [0.25, 0.3) is 0 Å². The minimum absolute atomic E-state index is 0.111. The Morgan fingerprint density at radius 1 is 1.62 bits per heavy atom. The summed E-state index contributed by atoms with van der Waals surface area (Å²) in [5, 5.41) is 3.22. The van der Waals surface area contributed by atoms with Crippen LogP contribution >= 0.6 is 0 Å². The Morgan fingerprint density at radius 3 is 2.77 bits per heavy atom. The molecular formula is C9H18N2O2. The summed E-state index contributed by atoms with van der Waals surface area (Å²) < 4.78 is 4.56. The molecule has 1 aliphatic heterocycles. The Labute approximate surface area is 79.2 Å². The van der Waals surface area contributed by atoms with Crippen molar-refractivity contribution in [3.05, 3.63) is 0 Å². The van der Waals surface area contributed by atoms with Crippen molar-refractivity contribution in [1.29, 1.82) is 0 Å². The molecule has 4 nitrogen and oxygen atoms in total. The molecule has 1 N–H and O–H groups in total. The highest BCUT2D eigenvalue weighted by atomic mass is 16.5. The molecule has 0 aliphatic carbocycles. The number of methoxy groups -OCH3 is 1. The van der Waals surface area contributed by atoms with Crippen molar-refractivity contribution < 1.29 is 9.53 Å². The first-order chi connectivity index (χ1) is 6.24. The lowest BCUT2D eigenvalue weighted by molar-refractivity contribution is -0.140. The highest BCUT2D eigenvalue weighted by molar-refractivity contribution is 5.69. The van der Waals surface area contributed by atoms with Crippen molar-refractivity contribution in [3.63, 3.8) is 0 Å². The molecule has 1 heterocycles. The molecule has 0 spiro atoms. The summed E-state index contributed by atoms with van der Waals surface area (Å²) in [7, 11) is 3.53. The van der Waals surface area contributed by atoms with Crippen molar-refractivity contribution in [2.24, 2.45) is 0 Å². The Bertz CT molecular complexity index is 169. The van der Waals surface area contributed by atoms with Gasteiger partial charge in [0.25, 0.3) is 0 Å². The Hall–Kier alpha value is -0.610. The maximum Gasteiger partial charge on any atom is 0.305 e. The standard InChI is InChI=1S/C9H18N2O2/c1-11(8-6-10-7-8)5-3-4-9(12)13-2/h8,10H,3-7H2,1-2H3. The van der Waals surface area contributed by atoms with Crippen LogP contribution in [0.2, 0.25) is 0 Å². The van der Waals surface area contributed by atoms with E-state index in [4.69, 9.17) is 0 Å². The molecule has 1 saturated heterocycles. The molecule has 1 rings (SSSR count). The third-order valence-corrected chi connectivity index (χ3v) is 2.50. The molecule has 4 heteroatoms. The van der Waals surface area contributed by atoms with Gasteiger partial charge in [-0.1, -0.05) is 0 Å². The van der Waals surface area contributed by atoms with Crippen LogP contribution in [0.5, 0.6) is 0 Å². The predicted octanol–water partition coefficient (Wildman–Crippen LogP) is -0.157. The van der Waals surface area contributed by atoms with Crippen molar-refractivity contribution in [1.82, 2.24) is 10.2 Å². The van der Waals surface area contributed by atoms with Crippen LogP contribution in [0.15, 0.2) is 0 Å². The fourth-order valence-corrected chi connectivity index (χ4v) is 1.34. The topological polar surface area (TPSA) is 41.6 Å². The molecule has 76 valence electrons. The number of hydrogen-bond donors (Lipinski definition) is 1. The van der Waals surface area contributed by atoms with Gasteiger partial charge in [0, 0.05) is 25.6 Å². The van der Waals surface area contributed by atoms with E-state index in [-0.39, 0.29) is 5.97 Å². The molecule has 0 bridgehead atoms. The lowest BCUT2D eigenvalue weighted by atomic mass is 10.1. The van der Waals surface area contributed by atoms with E-state index in [1.807, 2.05) is 0 Å². The molecule has 0 saturated carbocycles. The van der Waals surface area contributed by atoms with E-state index in [9.17, 15) is 4.79 Å². The minimum Gasteiger partial charge on any atom is -0.469 e. The van der Waals surface area contributed by atoms with Crippen LogP contribution < -0.4 is 5.32 Å². The van der Waals surface area contributed by atoms with E-state index in [0.29, 0.717) is 12.5 Å². The molecule has 1 aliphatic rings. The highest BCUT2D eigenvalue weighted by Gasteiger charge is 2.20. The van der Waals surface area contributed by atoms with E-state index in [1.54, 1.807) is 0 Å². The van der Waals surface area contributed by atoms with E-state index in [2.05, 4.69) is 22.0 Å². The van der Waals surface area contributed by atoms with Gasteiger partial charge in [-0.05, 0) is 20.0 Å². The van der Waals surface area contributed by atoms with Gasteiger partial charge >= 0.3 is 5.97 Å². The molecule has 0 atom stereocenters. The number of ether oxygens (including phenoxy) is 1. The average Bonchev–Trinajstić information content (AvgIpc) is 2.01. The number of hydrogen-bond acceptors (Lipinski definition) is 4. The second-order valence-corrected chi connectivity index (χ2v) is 3.47. The summed E-state index contributed by atoms with van der Waals surface area (Å²) >= 11 is 0. The number of likely N-dealkylation sites (N-methyl/N-ethyl adjacent to an activating group) is 1. The van der Waals surface area contributed by atoms with E-state index >= 15 is 0 Å². The number of nitrogens with one attached hydrogen (secondary N) is 1. The molecule has 0 unspecified atom stereocenters. The zero-order chi connectivity index (χ0) is 9.68. The summed E-state index contributed by atoms with van der Waals surface area (Å²) in [6, 6.07) is 0.664. The summed E-state index contributed by atoms with van der Waals surface area (Å²) in [6.45, 7) is 3.13. The van der Waals surface area contributed by atoms with Gasteiger partial charge in [0.1, 0.15) is 0 Å². The number of carbonyl (C=O) groups excluding carboxylic acids is 1. The first-order valence-electron chi connectivity index (χ1n) is 4.72. The predicted molar refractivity (Wildman–Crippen MR) is 50.5 cm³/mol. The van der Waals surface area contributed by atoms with Crippen LogP contribution in [-0.4, -0.2) is 50.7 Å². The molecule has 0 aromatic rings. The van der Waals surface area contributed by atoms with E-state index in [1.165, 1.54) is 7.11 Å². The van der Waals surface area contributed by atoms with E-state index < -0.39 is 0 Å². The molecule has 1 fully saturated rings. The molecule has 0 amide bonds. The van der Waals surface area contributed by atoms with Crippen LogP contribution in [0.3, 0.4) is 0 Å². The zero-order valence-corrected chi connectivity index (χ0v) is 8.38. The quantitative estimate of drug-likeness (QED) is 0.606. The van der Waals surface area contributed by atoms with Crippen LogP contribution in [0, 0.1) is 0 Å². The van der Waals surface area contributed by atoms with Crippen molar-refractivity contribution >= 4 is 5.97 Å². The number of rotatable bonds is 5. The lowest BCUT2D eigenvalue weighted by Gasteiger charge is -2.35. The monoisotopic (exact) mass is 186 g/mol. The Balaban J connectivity index is 2.01. The van der Waals surface area contributed by atoms with Gasteiger partial charge in [-0.3, -0.25) is 4.79 Å². The molecular weight excluding hydrogens is 168 g/mol. The molecule has 0 aromatic heterocycles. The fraction of sp³-hybridized carbons (Fsp3) is 0.889. The number of nitrogens with zero attached hydrogens (tertiary/aromatic N) is 1. The van der Waals surface area contributed by atoms with Gasteiger partial charge in [-0.2, -0.15) is 0 Å². The first-order valence-corrected chi connectivity index (χ1v) is 4.72. The van der Waals surface area contributed by atoms with Crippen LogP contribution in [-0.2, 0) is 9.53 Å². The lowest BCUT2D eigenvalue weighted by Crippen LogP contribution is -2.56. The zero-order valence-electron chi connectivity index (χ0n) is 8.38.